The number of piperidine rings is 1. The number of rotatable bonds is 3. The van der Waals surface area contributed by atoms with E-state index in [9.17, 15) is 4.79 Å². The van der Waals surface area contributed by atoms with Crippen molar-refractivity contribution in [2.24, 2.45) is 0 Å². The van der Waals surface area contributed by atoms with Crippen LogP contribution in [0.1, 0.15) is 30.7 Å². The molecule has 0 aliphatic carbocycles. The predicted molar refractivity (Wildman–Crippen MR) is 86.4 cm³/mol. The topological polar surface area (TPSA) is 58.1 Å². The van der Waals surface area contributed by atoms with E-state index in [0.29, 0.717) is 6.54 Å². The fourth-order valence-electron chi connectivity index (χ4n) is 3.11. The molecule has 0 saturated carbocycles. The molecule has 5 heteroatoms. The van der Waals surface area contributed by atoms with Gasteiger partial charge in [-0.3, -0.25) is 9.69 Å². The highest BCUT2D eigenvalue weighted by Gasteiger charge is 2.28. The number of nitrogens with zero attached hydrogens (tertiary/aromatic N) is 3. The normalized spacial score (nSPS) is 19.3. The SMILES string of the molecule is CNC(=O)C1CCCCN1Cc1nc2ccccc2nc1C. The van der Waals surface area contributed by atoms with Gasteiger partial charge in [-0.25, -0.2) is 9.97 Å². The Morgan fingerprint density at radius 3 is 2.73 bits per heavy atom. The van der Waals surface area contributed by atoms with Gasteiger partial charge in [0.15, 0.2) is 0 Å². The van der Waals surface area contributed by atoms with Gasteiger partial charge in [0, 0.05) is 13.6 Å². The summed E-state index contributed by atoms with van der Waals surface area (Å²) in [6.07, 6.45) is 3.16. The molecule has 2 heterocycles. The molecule has 116 valence electrons. The Bertz CT molecular complexity index is 685. The van der Waals surface area contributed by atoms with Crippen molar-refractivity contribution in [1.82, 2.24) is 20.2 Å². The average molecular weight is 298 g/mol. The monoisotopic (exact) mass is 298 g/mol. The van der Waals surface area contributed by atoms with Crippen molar-refractivity contribution in [3.8, 4) is 0 Å². The molecule has 1 fully saturated rings. The minimum Gasteiger partial charge on any atom is -0.358 e. The Hall–Kier alpha value is -2.01. The maximum absolute atomic E-state index is 12.1. The molecule has 22 heavy (non-hydrogen) atoms. The molecule has 1 aromatic heterocycles. The highest BCUT2D eigenvalue weighted by Crippen LogP contribution is 2.21. The third-order valence-electron chi connectivity index (χ3n) is 4.36. The zero-order chi connectivity index (χ0) is 15.5. The van der Waals surface area contributed by atoms with Crippen molar-refractivity contribution >= 4 is 16.9 Å². The lowest BCUT2D eigenvalue weighted by Crippen LogP contribution is -2.48. The van der Waals surface area contributed by atoms with E-state index in [1.165, 1.54) is 0 Å². The fourth-order valence-corrected chi connectivity index (χ4v) is 3.11. The van der Waals surface area contributed by atoms with Crippen LogP contribution in [-0.4, -0.2) is 40.4 Å². The molecule has 1 aromatic carbocycles. The molecule has 1 amide bonds. The summed E-state index contributed by atoms with van der Waals surface area (Å²) in [7, 11) is 1.70. The molecule has 1 N–H and O–H groups in total. The summed E-state index contributed by atoms with van der Waals surface area (Å²) in [5.74, 6) is 0.103. The maximum Gasteiger partial charge on any atom is 0.237 e. The van der Waals surface area contributed by atoms with Crippen molar-refractivity contribution in [1.29, 1.82) is 0 Å². The van der Waals surface area contributed by atoms with E-state index in [1.807, 2.05) is 31.2 Å². The van der Waals surface area contributed by atoms with Gasteiger partial charge in [-0.2, -0.15) is 0 Å². The van der Waals surface area contributed by atoms with Gasteiger partial charge in [0.05, 0.1) is 28.5 Å². The van der Waals surface area contributed by atoms with Crippen molar-refractivity contribution < 1.29 is 4.79 Å². The van der Waals surface area contributed by atoms with Gasteiger partial charge in [-0.15, -0.1) is 0 Å². The zero-order valence-corrected chi connectivity index (χ0v) is 13.2. The Morgan fingerprint density at radius 1 is 1.27 bits per heavy atom. The van der Waals surface area contributed by atoms with Crippen molar-refractivity contribution in [2.45, 2.75) is 38.8 Å². The molecule has 0 spiro atoms. The first-order valence-electron chi connectivity index (χ1n) is 7.87. The van der Waals surface area contributed by atoms with Crippen LogP contribution >= 0.6 is 0 Å². The van der Waals surface area contributed by atoms with Gasteiger partial charge in [-0.1, -0.05) is 18.6 Å². The van der Waals surface area contributed by atoms with E-state index < -0.39 is 0 Å². The first kappa shape index (κ1) is 14.9. The van der Waals surface area contributed by atoms with E-state index in [2.05, 4.69) is 15.2 Å². The second kappa shape index (κ2) is 6.40. The lowest BCUT2D eigenvalue weighted by molar-refractivity contribution is -0.127. The number of benzene rings is 1. The molecule has 1 atom stereocenters. The average Bonchev–Trinajstić information content (AvgIpc) is 2.55. The van der Waals surface area contributed by atoms with Crippen molar-refractivity contribution in [2.75, 3.05) is 13.6 Å². The molecule has 2 aromatic rings. The quantitative estimate of drug-likeness (QED) is 0.942. The summed E-state index contributed by atoms with van der Waals surface area (Å²) in [4.78, 5) is 23.7. The molecular formula is C17H22N4O. The van der Waals surface area contributed by atoms with Gasteiger partial charge in [0.25, 0.3) is 0 Å². The number of likely N-dealkylation sites (tertiary alicyclic amines) is 1. The minimum absolute atomic E-state index is 0.0496. The van der Waals surface area contributed by atoms with Crippen LogP contribution in [-0.2, 0) is 11.3 Å². The molecule has 3 rings (SSSR count). The number of likely N-dealkylation sites (N-methyl/N-ethyl adjacent to an activating group) is 1. The number of carbonyl (C=O) groups is 1. The fraction of sp³-hybridized carbons (Fsp3) is 0.471. The molecule has 1 saturated heterocycles. The predicted octanol–water partition coefficient (Wildman–Crippen LogP) is 2.04. The third-order valence-corrected chi connectivity index (χ3v) is 4.36. The standard InChI is InChI=1S/C17H22N4O/c1-12-15(20-14-8-4-3-7-13(14)19-12)11-21-10-6-5-9-16(21)17(22)18-2/h3-4,7-8,16H,5-6,9-11H2,1-2H3,(H,18,22). The van der Waals surface area contributed by atoms with Gasteiger partial charge >= 0.3 is 0 Å². The van der Waals surface area contributed by atoms with Crippen LogP contribution in [0.25, 0.3) is 11.0 Å². The van der Waals surface area contributed by atoms with Crippen molar-refractivity contribution in [3.05, 3.63) is 35.7 Å². The molecular weight excluding hydrogens is 276 g/mol. The van der Waals surface area contributed by atoms with E-state index >= 15 is 0 Å². The minimum atomic E-state index is -0.0496. The zero-order valence-electron chi connectivity index (χ0n) is 13.2. The molecule has 1 aliphatic rings. The van der Waals surface area contributed by atoms with Gasteiger partial charge in [0.2, 0.25) is 5.91 Å². The second-order valence-electron chi connectivity index (χ2n) is 5.84. The Kier molecular flexibility index (Phi) is 4.34. The van der Waals surface area contributed by atoms with Crippen LogP contribution in [0.3, 0.4) is 0 Å². The molecule has 0 radical (unpaired) electrons. The molecule has 1 aliphatic heterocycles. The number of carbonyl (C=O) groups excluding carboxylic acids is 1. The largest absolute Gasteiger partial charge is 0.358 e. The van der Waals surface area contributed by atoms with Crippen LogP contribution in [0.5, 0.6) is 0 Å². The number of hydrogen-bond donors (Lipinski definition) is 1. The lowest BCUT2D eigenvalue weighted by atomic mass is 10.0. The number of para-hydroxylation sites is 2. The van der Waals surface area contributed by atoms with Crippen LogP contribution in [0, 0.1) is 6.92 Å². The maximum atomic E-state index is 12.1. The number of nitrogens with one attached hydrogen (secondary N) is 1. The summed E-state index contributed by atoms with van der Waals surface area (Å²) in [5, 5.41) is 2.78. The Labute approximate surface area is 130 Å². The summed E-state index contributed by atoms with van der Waals surface area (Å²) < 4.78 is 0. The summed E-state index contributed by atoms with van der Waals surface area (Å²) in [6, 6.07) is 7.86. The van der Waals surface area contributed by atoms with E-state index in [1.54, 1.807) is 7.05 Å². The molecule has 5 nitrogen and oxygen atoms in total. The van der Waals surface area contributed by atoms with E-state index in [4.69, 9.17) is 4.98 Å². The van der Waals surface area contributed by atoms with Crippen LogP contribution in [0.4, 0.5) is 0 Å². The van der Waals surface area contributed by atoms with Crippen molar-refractivity contribution in [3.63, 3.8) is 0 Å². The first-order valence-corrected chi connectivity index (χ1v) is 7.87. The summed E-state index contributed by atoms with van der Waals surface area (Å²) in [5.41, 5.74) is 3.75. The summed E-state index contributed by atoms with van der Waals surface area (Å²) in [6.45, 7) is 3.61. The van der Waals surface area contributed by atoms with E-state index in [-0.39, 0.29) is 11.9 Å². The number of aryl methyl sites for hydroxylation is 1. The van der Waals surface area contributed by atoms with E-state index in [0.717, 1.165) is 48.2 Å². The molecule has 0 bridgehead atoms. The third kappa shape index (κ3) is 2.95. The number of hydrogen-bond acceptors (Lipinski definition) is 4. The Balaban J connectivity index is 1.87. The number of aromatic nitrogens is 2. The lowest BCUT2D eigenvalue weighted by Gasteiger charge is -2.34. The smallest absolute Gasteiger partial charge is 0.237 e. The van der Waals surface area contributed by atoms with Gasteiger partial charge in [-0.05, 0) is 38.4 Å². The van der Waals surface area contributed by atoms with Crippen LogP contribution < -0.4 is 5.32 Å². The first-order chi connectivity index (χ1) is 10.7. The highest BCUT2D eigenvalue weighted by atomic mass is 16.2. The Morgan fingerprint density at radius 2 is 2.00 bits per heavy atom. The number of fused-ring (bicyclic) bond motifs is 1. The second-order valence-corrected chi connectivity index (χ2v) is 5.84. The molecule has 1 unspecified atom stereocenters. The number of amides is 1. The van der Waals surface area contributed by atoms with Crippen LogP contribution in [0.2, 0.25) is 0 Å². The highest BCUT2D eigenvalue weighted by molar-refractivity contribution is 5.81. The summed E-state index contributed by atoms with van der Waals surface area (Å²) >= 11 is 0. The van der Waals surface area contributed by atoms with Crippen LogP contribution in [0.15, 0.2) is 24.3 Å². The van der Waals surface area contributed by atoms with Gasteiger partial charge in [0.1, 0.15) is 0 Å². The van der Waals surface area contributed by atoms with Gasteiger partial charge < -0.3 is 5.32 Å².